The van der Waals surface area contributed by atoms with Gasteiger partial charge in [-0.25, -0.2) is 18.0 Å². The molecule has 2 N–H and O–H groups in total. The first kappa shape index (κ1) is 12.9. The average Bonchev–Trinajstić information content (AvgIpc) is 2.34. The number of carbonyl (C=O) groups excluding carboxylic acids is 1. The van der Waals surface area contributed by atoms with Crippen LogP contribution in [-0.4, -0.2) is 6.09 Å². The molecule has 0 spiro atoms. The van der Waals surface area contributed by atoms with Crippen molar-refractivity contribution in [2.45, 2.75) is 0 Å². The minimum absolute atomic E-state index is 0.0418. The normalized spacial score (nSPS) is 10.3. The summed E-state index contributed by atoms with van der Waals surface area (Å²) < 4.78 is 43.9. The van der Waals surface area contributed by atoms with Gasteiger partial charge in [0.15, 0.2) is 11.6 Å². The minimum Gasteiger partial charge on any atom is -0.410 e. The van der Waals surface area contributed by atoms with Crippen LogP contribution in [0.2, 0.25) is 0 Å². The molecular formula is C13H8F3NO2. The lowest BCUT2D eigenvalue weighted by Crippen LogP contribution is -2.16. The second kappa shape index (κ2) is 5.01. The van der Waals surface area contributed by atoms with Gasteiger partial charge in [-0.2, -0.15) is 0 Å². The number of hydrogen-bond donors (Lipinski definition) is 1. The van der Waals surface area contributed by atoms with E-state index in [0.29, 0.717) is 0 Å². The molecule has 0 aliphatic heterocycles. The van der Waals surface area contributed by atoms with E-state index in [2.05, 4.69) is 4.74 Å². The van der Waals surface area contributed by atoms with Crippen molar-refractivity contribution >= 4 is 6.09 Å². The molecule has 98 valence electrons. The van der Waals surface area contributed by atoms with Crippen molar-refractivity contribution in [1.82, 2.24) is 0 Å². The van der Waals surface area contributed by atoms with Crippen molar-refractivity contribution in [3.8, 4) is 16.9 Å². The van der Waals surface area contributed by atoms with Crippen LogP contribution in [0.25, 0.3) is 11.1 Å². The topological polar surface area (TPSA) is 52.3 Å². The third-order valence-corrected chi connectivity index (χ3v) is 2.38. The van der Waals surface area contributed by atoms with E-state index in [1.165, 1.54) is 12.1 Å². The van der Waals surface area contributed by atoms with Gasteiger partial charge in [0.1, 0.15) is 11.6 Å². The van der Waals surface area contributed by atoms with Crippen molar-refractivity contribution in [3.05, 3.63) is 53.8 Å². The first-order chi connectivity index (χ1) is 8.97. The zero-order valence-corrected chi connectivity index (χ0v) is 9.49. The number of nitrogens with two attached hydrogens (primary N) is 1. The molecule has 2 rings (SSSR count). The molecule has 0 saturated carbocycles. The third kappa shape index (κ3) is 2.85. The molecule has 6 heteroatoms. The molecule has 0 aliphatic rings. The highest BCUT2D eigenvalue weighted by Gasteiger charge is 2.12. The maximum Gasteiger partial charge on any atom is 0.409 e. The Kier molecular flexibility index (Phi) is 3.41. The van der Waals surface area contributed by atoms with E-state index in [-0.39, 0.29) is 16.9 Å². The summed E-state index contributed by atoms with van der Waals surface area (Å²) in [5.41, 5.74) is 5.13. The monoisotopic (exact) mass is 267 g/mol. The second-order valence-electron chi connectivity index (χ2n) is 3.69. The molecule has 3 nitrogen and oxygen atoms in total. The summed E-state index contributed by atoms with van der Waals surface area (Å²) in [6, 6.07) is 6.27. The maximum atomic E-state index is 13.2. The van der Waals surface area contributed by atoms with Crippen LogP contribution in [-0.2, 0) is 0 Å². The van der Waals surface area contributed by atoms with Crippen molar-refractivity contribution < 1.29 is 22.7 Å². The zero-order valence-electron chi connectivity index (χ0n) is 9.49. The van der Waals surface area contributed by atoms with Crippen LogP contribution in [0.3, 0.4) is 0 Å². The van der Waals surface area contributed by atoms with E-state index in [0.717, 1.165) is 24.3 Å². The average molecular weight is 267 g/mol. The Balaban J connectivity index is 2.55. The molecule has 2 aromatic carbocycles. The van der Waals surface area contributed by atoms with Crippen molar-refractivity contribution in [2.75, 3.05) is 0 Å². The zero-order chi connectivity index (χ0) is 14.0. The quantitative estimate of drug-likeness (QED) is 0.908. The fourth-order valence-corrected chi connectivity index (χ4v) is 1.59. The lowest BCUT2D eigenvalue weighted by Gasteiger charge is -2.09. The summed E-state index contributed by atoms with van der Waals surface area (Å²) in [6.45, 7) is 0. The summed E-state index contributed by atoms with van der Waals surface area (Å²) >= 11 is 0. The molecular weight excluding hydrogens is 259 g/mol. The molecule has 0 fully saturated rings. The van der Waals surface area contributed by atoms with Gasteiger partial charge in [0.2, 0.25) is 0 Å². The minimum atomic E-state index is -1.09. The summed E-state index contributed by atoms with van der Waals surface area (Å²) in [6.07, 6.45) is -1.09. The molecule has 0 aliphatic carbocycles. The predicted molar refractivity (Wildman–Crippen MR) is 62.0 cm³/mol. The number of hydrogen-bond acceptors (Lipinski definition) is 2. The number of halogens is 3. The first-order valence-electron chi connectivity index (χ1n) is 5.19. The molecule has 2 aromatic rings. The van der Waals surface area contributed by atoms with Crippen molar-refractivity contribution in [2.24, 2.45) is 5.73 Å². The van der Waals surface area contributed by atoms with E-state index in [1.807, 2.05) is 0 Å². The molecule has 0 atom stereocenters. The number of ether oxygens (including phenoxy) is 1. The Morgan fingerprint density at radius 2 is 1.74 bits per heavy atom. The maximum absolute atomic E-state index is 13.2. The lowest BCUT2D eigenvalue weighted by atomic mass is 10.0. The number of carbonyl (C=O) groups is 1. The second-order valence-corrected chi connectivity index (χ2v) is 3.69. The fraction of sp³-hybridized carbons (Fsp3) is 0. The number of primary amides is 1. The van der Waals surface area contributed by atoms with Gasteiger partial charge in [0, 0.05) is 5.56 Å². The SMILES string of the molecule is NC(=O)Oc1ccc(F)cc1-c1ccc(F)c(F)c1. The Hall–Kier alpha value is -2.50. The van der Waals surface area contributed by atoms with E-state index in [1.54, 1.807) is 0 Å². The van der Waals surface area contributed by atoms with Gasteiger partial charge >= 0.3 is 6.09 Å². The Labute approximate surface area is 106 Å². The highest BCUT2D eigenvalue weighted by Crippen LogP contribution is 2.31. The Morgan fingerprint density at radius 3 is 2.37 bits per heavy atom. The molecule has 1 amide bonds. The molecule has 0 unspecified atom stereocenters. The van der Waals surface area contributed by atoms with Crippen LogP contribution in [0.4, 0.5) is 18.0 Å². The van der Waals surface area contributed by atoms with E-state index >= 15 is 0 Å². The van der Waals surface area contributed by atoms with Crippen LogP contribution in [0, 0.1) is 17.5 Å². The molecule has 0 heterocycles. The standard InChI is InChI=1S/C13H8F3NO2/c14-8-2-4-12(19-13(17)18)9(6-8)7-1-3-10(15)11(16)5-7/h1-6H,(H2,17,18). The number of rotatable bonds is 2. The first-order valence-corrected chi connectivity index (χ1v) is 5.19. The van der Waals surface area contributed by atoms with Crippen LogP contribution in [0.1, 0.15) is 0 Å². The van der Waals surface area contributed by atoms with Crippen molar-refractivity contribution in [1.29, 1.82) is 0 Å². The van der Waals surface area contributed by atoms with Crippen molar-refractivity contribution in [3.63, 3.8) is 0 Å². The van der Waals surface area contributed by atoms with Gasteiger partial charge in [0.05, 0.1) is 0 Å². The van der Waals surface area contributed by atoms with Gasteiger partial charge in [-0.15, -0.1) is 0 Å². The van der Waals surface area contributed by atoms with E-state index in [9.17, 15) is 18.0 Å². The number of benzene rings is 2. The van der Waals surface area contributed by atoms with Gasteiger partial charge < -0.3 is 10.5 Å². The fourth-order valence-electron chi connectivity index (χ4n) is 1.59. The van der Waals surface area contributed by atoms with Crippen LogP contribution in [0.5, 0.6) is 5.75 Å². The number of amides is 1. The van der Waals surface area contributed by atoms with Crippen LogP contribution in [0.15, 0.2) is 36.4 Å². The summed E-state index contributed by atoms with van der Waals surface area (Å²) in [7, 11) is 0. The van der Waals surface area contributed by atoms with Crippen LogP contribution < -0.4 is 10.5 Å². The van der Waals surface area contributed by atoms with E-state index < -0.39 is 23.5 Å². The third-order valence-electron chi connectivity index (χ3n) is 2.38. The Bertz CT molecular complexity index is 644. The largest absolute Gasteiger partial charge is 0.410 e. The van der Waals surface area contributed by atoms with Gasteiger partial charge in [0.25, 0.3) is 0 Å². The summed E-state index contributed by atoms with van der Waals surface area (Å²) in [5.74, 6) is -2.78. The highest BCUT2D eigenvalue weighted by molar-refractivity contribution is 5.76. The molecule has 0 aromatic heterocycles. The van der Waals surface area contributed by atoms with E-state index in [4.69, 9.17) is 5.73 Å². The molecule has 0 radical (unpaired) electrons. The van der Waals surface area contributed by atoms with Gasteiger partial charge in [-0.3, -0.25) is 0 Å². The molecule has 0 bridgehead atoms. The summed E-state index contributed by atoms with van der Waals surface area (Å²) in [4.78, 5) is 10.7. The van der Waals surface area contributed by atoms with Crippen LogP contribution >= 0.6 is 0 Å². The van der Waals surface area contributed by atoms with Gasteiger partial charge in [-0.05, 0) is 35.9 Å². The molecule has 19 heavy (non-hydrogen) atoms. The summed E-state index contributed by atoms with van der Waals surface area (Å²) in [5, 5.41) is 0. The van der Waals surface area contributed by atoms with Gasteiger partial charge in [-0.1, -0.05) is 6.07 Å². The highest BCUT2D eigenvalue weighted by atomic mass is 19.2. The molecule has 0 saturated heterocycles. The Morgan fingerprint density at radius 1 is 1.00 bits per heavy atom. The predicted octanol–water partition coefficient (Wildman–Crippen LogP) is 3.23. The smallest absolute Gasteiger partial charge is 0.409 e. The lowest BCUT2D eigenvalue weighted by molar-refractivity contribution is 0.211.